The number of para-hydroxylation sites is 3. The molecule has 0 N–H and O–H groups in total. The highest BCUT2D eigenvalue weighted by atomic mass is 16.5. The number of anilines is 3. The van der Waals surface area contributed by atoms with Gasteiger partial charge in [-0.15, -0.1) is 0 Å². The number of benzene rings is 6. The lowest BCUT2D eigenvalue weighted by atomic mass is 9.73. The lowest BCUT2D eigenvalue weighted by Crippen LogP contribution is -2.23. The van der Waals surface area contributed by atoms with Gasteiger partial charge in [0.2, 0.25) is 0 Å². The van der Waals surface area contributed by atoms with Crippen molar-refractivity contribution < 1.29 is 4.74 Å². The van der Waals surface area contributed by atoms with Gasteiger partial charge >= 0.3 is 0 Å². The van der Waals surface area contributed by atoms with E-state index in [4.69, 9.17) is 4.74 Å². The lowest BCUT2D eigenvalue weighted by molar-refractivity contribution is 0.467. The van der Waals surface area contributed by atoms with Crippen molar-refractivity contribution in [3.63, 3.8) is 0 Å². The summed E-state index contributed by atoms with van der Waals surface area (Å²) in [7, 11) is 0. The fourth-order valence-corrected chi connectivity index (χ4v) is 8.32. The zero-order valence-corrected chi connectivity index (χ0v) is 29.5. The van der Waals surface area contributed by atoms with Crippen LogP contribution in [0, 0.1) is 0 Å². The molecule has 1 atom stereocenters. The average Bonchev–Trinajstić information content (AvgIpc) is 3.47. The molecule has 6 aromatic rings. The van der Waals surface area contributed by atoms with E-state index in [0.717, 1.165) is 54.1 Å². The molecule has 1 unspecified atom stereocenters. The summed E-state index contributed by atoms with van der Waals surface area (Å²) in [5.41, 5.74) is 14.4. The zero-order chi connectivity index (χ0) is 34.9. The second kappa shape index (κ2) is 13.5. The first kappa shape index (κ1) is 31.8. The number of nitrogens with zero attached hydrogens (tertiary/aromatic N) is 1. The molecule has 2 heteroatoms. The van der Waals surface area contributed by atoms with Crippen molar-refractivity contribution in [1.82, 2.24) is 0 Å². The first-order chi connectivity index (χ1) is 25.7. The summed E-state index contributed by atoms with van der Waals surface area (Å²) >= 11 is 0. The Kier molecular flexibility index (Phi) is 8.29. The van der Waals surface area contributed by atoms with Crippen molar-refractivity contribution in [3.8, 4) is 22.6 Å². The van der Waals surface area contributed by atoms with Crippen LogP contribution in [-0.4, -0.2) is 0 Å². The van der Waals surface area contributed by atoms with Crippen molar-refractivity contribution in [2.45, 2.75) is 38.0 Å². The fraction of sp³-hybridized carbons (Fsp3) is 0.120. The van der Waals surface area contributed by atoms with Gasteiger partial charge in [0.25, 0.3) is 0 Å². The molecule has 0 radical (unpaired) electrons. The Hall–Kier alpha value is -6.12. The van der Waals surface area contributed by atoms with Gasteiger partial charge in [-0.2, -0.15) is 0 Å². The first-order valence-corrected chi connectivity index (χ1v) is 18.5. The van der Waals surface area contributed by atoms with E-state index < -0.39 is 5.41 Å². The van der Waals surface area contributed by atoms with Gasteiger partial charge in [0.05, 0.1) is 5.69 Å². The Bertz CT molecular complexity index is 2400. The van der Waals surface area contributed by atoms with Crippen molar-refractivity contribution in [2.75, 3.05) is 4.90 Å². The van der Waals surface area contributed by atoms with Crippen LogP contribution in [0.2, 0.25) is 0 Å². The maximum Gasteiger partial charge on any atom is 0.131 e. The smallest absolute Gasteiger partial charge is 0.131 e. The zero-order valence-electron chi connectivity index (χ0n) is 29.5. The molecule has 3 aliphatic rings. The topological polar surface area (TPSA) is 12.5 Å². The second-order valence-corrected chi connectivity index (χ2v) is 14.0. The Labute approximate surface area is 307 Å². The average molecular weight is 672 g/mol. The minimum atomic E-state index is -0.460. The van der Waals surface area contributed by atoms with E-state index in [-0.39, 0.29) is 0 Å². The molecule has 0 aromatic heterocycles. The van der Waals surface area contributed by atoms with E-state index in [0.29, 0.717) is 0 Å². The molecule has 0 aliphatic heterocycles. The van der Waals surface area contributed by atoms with Crippen LogP contribution < -0.4 is 9.64 Å². The van der Waals surface area contributed by atoms with Gasteiger partial charge in [-0.25, -0.2) is 0 Å². The summed E-state index contributed by atoms with van der Waals surface area (Å²) in [6, 6.07) is 52.5. The standard InChI is InChI=1S/C50H41NO/c1-50(46-28-16-17-29-49(46)52-41-24-12-5-13-25-41)45-27-15-14-26-42(45)43-32-31-40(35-47(43)50)51(39-22-10-4-11-23-39)48-33-30-38(36-18-6-2-7-19-36)34-44(48)37-20-8-3-9-21-37/h2,4-6,8,10-18,20-35H,3,7,9,19H2,1H3. The SMILES string of the molecule is CC1(c2ccccc2Oc2ccccc2)c2ccccc2-c2ccc(N(c3ccccc3)c3ccc(C4=CC=CCC4)cc3C3=CCCC=C3)cc21. The Balaban J connectivity index is 1.25. The fourth-order valence-electron chi connectivity index (χ4n) is 8.32. The van der Waals surface area contributed by atoms with Crippen LogP contribution in [0.5, 0.6) is 11.5 Å². The first-order valence-electron chi connectivity index (χ1n) is 18.5. The maximum atomic E-state index is 6.65. The molecule has 52 heavy (non-hydrogen) atoms. The van der Waals surface area contributed by atoms with Crippen LogP contribution in [0.1, 0.15) is 60.4 Å². The predicted octanol–water partition coefficient (Wildman–Crippen LogP) is 13.8. The normalized spacial score (nSPS) is 17.2. The van der Waals surface area contributed by atoms with Crippen LogP contribution in [-0.2, 0) is 5.41 Å². The molecule has 0 amide bonds. The van der Waals surface area contributed by atoms with Gasteiger partial charge in [0, 0.05) is 27.9 Å². The van der Waals surface area contributed by atoms with Crippen molar-refractivity contribution in [1.29, 1.82) is 0 Å². The molecular formula is C50H41NO. The van der Waals surface area contributed by atoms with Gasteiger partial charge in [-0.1, -0.05) is 127 Å². The van der Waals surface area contributed by atoms with Crippen LogP contribution >= 0.6 is 0 Å². The van der Waals surface area contributed by atoms with E-state index in [1.807, 2.05) is 30.3 Å². The quantitative estimate of drug-likeness (QED) is 0.160. The summed E-state index contributed by atoms with van der Waals surface area (Å²) in [5, 5.41) is 0. The van der Waals surface area contributed by atoms with E-state index in [1.54, 1.807) is 0 Å². The third-order valence-corrected chi connectivity index (χ3v) is 10.9. The molecule has 0 bridgehead atoms. The number of hydrogen-bond acceptors (Lipinski definition) is 2. The molecule has 0 saturated carbocycles. The lowest BCUT2D eigenvalue weighted by Gasteiger charge is -2.32. The summed E-state index contributed by atoms with van der Waals surface area (Å²) in [5.74, 6) is 1.70. The third-order valence-electron chi connectivity index (χ3n) is 10.9. The van der Waals surface area contributed by atoms with Crippen molar-refractivity contribution in [3.05, 3.63) is 210 Å². The highest BCUT2D eigenvalue weighted by molar-refractivity contribution is 5.93. The van der Waals surface area contributed by atoms with Crippen LogP contribution in [0.15, 0.2) is 182 Å². The predicted molar refractivity (Wildman–Crippen MR) is 218 cm³/mol. The Morgan fingerprint density at radius 2 is 1.33 bits per heavy atom. The minimum absolute atomic E-state index is 0.460. The van der Waals surface area contributed by atoms with Gasteiger partial charge in [-0.3, -0.25) is 0 Å². The van der Waals surface area contributed by atoms with Gasteiger partial charge in [-0.05, 0) is 126 Å². The van der Waals surface area contributed by atoms with Gasteiger partial charge in [0.1, 0.15) is 11.5 Å². The molecule has 0 spiro atoms. The van der Waals surface area contributed by atoms with Crippen molar-refractivity contribution in [2.24, 2.45) is 0 Å². The molecule has 0 heterocycles. The molecule has 0 saturated heterocycles. The molecule has 6 aromatic carbocycles. The van der Waals surface area contributed by atoms with Gasteiger partial charge < -0.3 is 9.64 Å². The number of rotatable bonds is 8. The van der Waals surface area contributed by atoms with Gasteiger partial charge in [0.15, 0.2) is 0 Å². The van der Waals surface area contributed by atoms with Crippen LogP contribution in [0.3, 0.4) is 0 Å². The molecule has 0 fully saturated rings. The van der Waals surface area contributed by atoms with Crippen molar-refractivity contribution >= 4 is 28.2 Å². The molecule has 3 aliphatic carbocycles. The highest BCUT2D eigenvalue weighted by Gasteiger charge is 2.43. The largest absolute Gasteiger partial charge is 0.457 e. The Morgan fingerprint density at radius 3 is 2.12 bits per heavy atom. The maximum absolute atomic E-state index is 6.65. The van der Waals surface area contributed by atoms with E-state index in [2.05, 4.69) is 164 Å². The van der Waals surface area contributed by atoms with E-state index in [9.17, 15) is 0 Å². The number of fused-ring (bicyclic) bond motifs is 3. The van der Waals surface area contributed by atoms with E-state index >= 15 is 0 Å². The monoisotopic (exact) mass is 671 g/mol. The highest BCUT2D eigenvalue weighted by Crippen LogP contribution is 2.56. The van der Waals surface area contributed by atoms with E-state index in [1.165, 1.54) is 50.2 Å². The third kappa shape index (κ3) is 5.61. The number of allylic oxidation sites excluding steroid dienone is 8. The molecule has 9 rings (SSSR count). The molecule has 2 nitrogen and oxygen atoms in total. The molecular weight excluding hydrogens is 631 g/mol. The number of ether oxygens (including phenoxy) is 1. The van der Waals surface area contributed by atoms with Crippen LogP contribution in [0.25, 0.3) is 22.3 Å². The minimum Gasteiger partial charge on any atom is -0.457 e. The Morgan fingerprint density at radius 1 is 0.577 bits per heavy atom. The summed E-state index contributed by atoms with van der Waals surface area (Å²) in [6.45, 7) is 2.37. The summed E-state index contributed by atoms with van der Waals surface area (Å²) in [6.07, 6.45) is 18.0. The second-order valence-electron chi connectivity index (χ2n) is 14.0. The summed E-state index contributed by atoms with van der Waals surface area (Å²) in [4.78, 5) is 2.45. The summed E-state index contributed by atoms with van der Waals surface area (Å²) < 4.78 is 6.65. The number of hydrogen-bond donors (Lipinski definition) is 0. The molecule has 252 valence electrons. The van der Waals surface area contributed by atoms with Crippen LogP contribution in [0.4, 0.5) is 17.1 Å².